The molecule has 0 amide bonds. The van der Waals surface area contributed by atoms with E-state index < -0.39 is 0 Å². The molecular weight excluding hydrogens is 320 g/mol. The van der Waals surface area contributed by atoms with Gasteiger partial charge in [-0.2, -0.15) is 11.3 Å². The molecule has 0 radical (unpaired) electrons. The quantitative estimate of drug-likeness (QED) is 0.805. The monoisotopic (exact) mass is 344 g/mol. The van der Waals surface area contributed by atoms with Gasteiger partial charge in [0.1, 0.15) is 0 Å². The number of aromatic nitrogens is 1. The second-order valence-electron chi connectivity index (χ2n) is 6.72. The molecule has 0 unspecified atom stereocenters. The Morgan fingerprint density at radius 1 is 1.29 bits per heavy atom. The lowest BCUT2D eigenvalue weighted by Gasteiger charge is -2.39. The Bertz CT molecular complexity index is 620. The van der Waals surface area contributed by atoms with Gasteiger partial charge in [0.2, 0.25) is 0 Å². The molecule has 2 aromatic rings. The topological polar surface area (TPSA) is 34.6 Å². The average molecular weight is 344 g/mol. The van der Waals surface area contributed by atoms with Crippen molar-refractivity contribution in [2.45, 2.75) is 38.1 Å². The van der Waals surface area contributed by atoms with E-state index in [0.717, 1.165) is 31.9 Å². The van der Waals surface area contributed by atoms with Crippen LogP contribution in [0.5, 0.6) is 0 Å². The minimum absolute atomic E-state index is 0.325. The normalized spacial score (nSPS) is 27.2. The lowest BCUT2D eigenvalue weighted by Crippen LogP contribution is -2.50. The highest BCUT2D eigenvalue weighted by molar-refractivity contribution is 7.07. The van der Waals surface area contributed by atoms with Crippen molar-refractivity contribution in [2.24, 2.45) is 5.92 Å². The largest absolute Gasteiger partial charge is 0.376 e. The van der Waals surface area contributed by atoms with Crippen molar-refractivity contribution in [2.75, 3.05) is 19.8 Å². The Kier molecular flexibility index (Phi) is 5.23. The van der Waals surface area contributed by atoms with E-state index in [1.165, 1.54) is 18.4 Å². The SMILES string of the molecule is c1cncc(COC[C@@H]2CC[C@H]3[C@@H]2OCCN3Cc2ccsc2)c1. The molecular formula is C19H24N2O2S. The highest BCUT2D eigenvalue weighted by Gasteiger charge is 2.42. The molecule has 1 saturated heterocycles. The summed E-state index contributed by atoms with van der Waals surface area (Å²) in [7, 11) is 0. The van der Waals surface area contributed by atoms with Gasteiger partial charge in [-0.1, -0.05) is 6.07 Å². The van der Waals surface area contributed by atoms with Crippen molar-refractivity contribution >= 4 is 11.3 Å². The number of nitrogens with zero attached hydrogens (tertiary/aromatic N) is 2. The zero-order valence-corrected chi connectivity index (χ0v) is 14.7. The third-order valence-electron chi connectivity index (χ3n) is 5.12. The molecule has 5 heteroatoms. The smallest absolute Gasteiger partial charge is 0.0781 e. The summed E-state index contributed by atoms with van der Waals surface area (Å²) in [4.78, 5) is 6.74. The summed E-state index contributed by atoms with van der Waals surface area (Å²) < 4.78 is 12.1. The predicted molar refractivity (Wildman–Crippen MR) is 94.9 cm³/mol. The molecule has 24 heavy (non-hydrogen) atoms. The van der Waals surface area contributed by atoms with Gasteiger partial charge in [-0.25, -0.2) is 0 Å². The Morgan fingerprint density at radius 2 is 2.29 bits per heavy atom. The van der Waals surface area contributed by atoms with Crippen LogP contribution in [-0.2, 0) is 22.6 Å². The number of hydrogen-bond acceptors (Lipinski definition) is 5. The van der Waals surface area contributed by atoms with E-state index in [1.807, 2.05) is 12.3 Å². The minimum Gasteiger partial charge on any atom is -0.376 e. The third-order valence-corrected chi connectivity index (χ3v) is 5.86. The van der Waals surface area contributed by atoms with Gasteiger partial charge in [-0.05, 0) is 46.9 Å². The van der Waals surface area contributed by atoms with E-state index in [4.69, 9.17) is 9.47 Å². The Labute approximate surface area is 147 Å². The molecule has 4 rings (SSSR count). The number of thiophene rings is 1. The van der Waals surface area contributed by atoms with Gasteiger partial charge in [0.25, 0.3) is 0 Å². The second-order valence-corrected chi connectivity index (χ2v) is 7.50. The van der Waals surface area contributed by atoms with E-state index in [2.05, 4.69) is 32.8 Å². The molecule has 3 atom stereocenters. The van der Waals surface area contributed by atoms with Crippen LogP contribution in [0.2, 0.25) is 0 Å². The van der Waals surface area contributed by atoms with E-state index in [9.17, 15) is 0 Å². The first kappa shape index (κ1) is 16.2. The molecule has 0 N–H and O–H groups in total. The molecule has 128 valence electrons. The summed E-state index contributed by atoms with van der Waals surface area (Å²) >= 11 is 1.78. The van der Waals surface area contributed by atoms with Crippen LogP contribution in [0.1, 0.15) is 24.0 Å². The molecule has 1 saturated carbocycles. The Hall–Kier alpha value is -1.27. The summed E-state index contributed by atoms with van der Waals surface area (Å²) in [6.45, 7) is 4.35. The van der Waals surface area contributed by atoms with Gasteiger partial charge in [-0.3, -0.25) is 9.88 Å². The lowest BCUT2D eigenvalue weighted by molar-refractivity contribution is -0.0891. The van der Waals surface area contributed by atoms with Crippen LogP contribution in [0, 0.1) is 5.92 Å². The fourth-order valence-corrected chi connectivity index (χ4v) is 4.60. The molecule has 3 heterocycles. The standard InChI is InChI=1S/C19H24N2O2S/c1-2-15(10-20-6-1)12-22-13-17-3-4-18-19(17)23-8-7-21(18)11-16-5-9-24-14-16/h1-2,5-6,9-10,14,17-19H,3-4,7-8,11-13H2/t17-,18-,19+/m0/s1. The number of ether oxygens (including phenoxy) is 2. The van der Waals surface area contributed by atoms with Crippen LogP contribution in [0.25, 0.3) is 0 Å². The summed E-state index contributed by atoms with van der Waals surface area (Å²) in [6, 6.07) is 6.80. The van der Waals surface area contributed by atoms with Crippen molar-refractivity contribution in [3.05, 3.63) is 52.5 Å². The zero-order chi connectivity index (χ0) is 16.2. The highest BCUT2D eigenvalue weighted by Crippen LogP contribution is 2.35. The van der Waals surface area contributed by atoms with Crippen LogP contribution in [0.3, 0.4) is 0 Å². The van der Waals surface area contributed by atoms with Crippen molar-refractivity contribution in [1.29, 1.82) is 0 Å². The Morgan fingerprint density at radius 3 is 3.12 bits per heavy atom. The van der Waals surface area contributed by atoms with Gasteiger partial charge >= 0.3 is 0 Å². The number of fused-ring (bicyclic) bond motifs is 1. The maximum atomic E-state index is 6.14. The van der Waals surface area contributed by atoms with E-state index in [0.29, 0.717) is 24.7 Å². The van der Waals surface area contributed by atoms with Crippen molar-refractivity contribution < 1.29 is 9.47 Å². The van der Waals surface area contributed by atoms with Crippen LogP contribution in [0.15, 0.2) is 41.4 Å². The molecule has 2 aromatic heterocycles. The van der Waals surface area contributed by atoms with E-state index in [-0.39, 0.29) is 0 Å². The van der Waals surface area contributed by atoms with Crippen molar-refractivity contribution in [3.8, 4) is 0 Å². The summed E-state index contributed by atoms with van der Waals surface area (Å²) in [6.07, 6.45) is 6.41. The lowest BCUT2D eigenvalue weighted by atomic mass is 10.0. The molecule has 1 aliphatic carbocycles. The van der Waals surface area contributed by atoms with Crippen LogP contribution >= 0.6 is 11.3 Å². The maximum absolute atomic E-state index is 6.14. The highest BCUT2D eigenvalue weighted by atomic mass is 32.1. The van der Waals surface area contributed by atoms with Gasteiger partial charge in [0.05, 0.1) is 25.9 Å². The molecule has 2 aliphatic rings. The van der Waals surface area contributed by atoms with Crippen LogP contribution in [-0.4, -0.2) is 41.8 Å². The number of pyridine rings is 1. The summed E-state index contributed by atoms with van der Waals surface area (Å²) in [5.74, 6) is 0.511. The van der Waals surface area contributed by atoms with E-state index >= 15 is 0 Å². The molecule has 0 bridgehead atoms. The number of rotatable bonds is 6. The van der Waals surface area contributed by atoms with Gasteiger partial charge in [-0.15, -0.1) is 0 Å². The first-order valence-electron chi connectivity index (χ1n) is 8.73. The fourth-order valence-electron chi connectivity index (χ4n) is 3.94. The molecule has 2 fully saturated rings. The fraction of sp³-hybridized carbons (Fsp3) is 0.526. The average Bonchev–Trinajstić information content (AvgIpc) is 3.27. The zero-order valence-electron chi connectivity index (χ0n) is 13.8. The van der Waals surface area contributed by atoms with Gasteiger partial charge < -0.3 is 9.47 Å². The maximum Gasteiger partial charge on any atom is 0.0781 e. The first-order valence-corrected chi connectivity index (χ1v) is 9.68. The molecule has 0 aromatic carbocycles. The van der Waals surface area contributed by atoms with Crippen molar-refractivity contribution in [3.63, 3.8) is 0 Å². The second kappa shape index (κ2) is 7.74. The molecule has 4 nitrogen and oxygen atoms in total. The summed E-state index contributed by atoms with van der Waals surface area (Å²) in [5.41, 5.74) is 2.56. The summed E-state index contributed by atoms with van der Waals surface area (Å²) in [5, 5.41) is 4.42. The Balaban J connectivity index is 1.31. The van der Waals surface area contributed by atoms with Crippen LogP contribution < -0.4 is 0 Å². The van der Waals surface area contributed by atoms with E-state index in [1.54, 1.807) is 17.5 Å². The molecule has 1 aliphatic heterocycles. The minimum atomic E-state index is 0.325. The number of hydrogen-bond donors (Lipinski definition) is 0. The van der Waals surface area contributed by atoms with Crippen molar-refractivity contribution in [1.82, 2.24) is 9.88 Å². The third kappa shape index (κ3) is 3.70. The molecule has 0 spiro atoms. The van der Waals surface area contributed by atoms with Gasteiger partial charge in [0, 0.05) is 37.4 Å². The predicted octanol–water partition coefficient (Wildman–Crippen LogP) is 3.34. The first-order chi connectivity index (χ1) is 11.9. The van der Waals surface area contributed by atoms with Crippen LogP contribution in [0.4, 0.5) is 0 Å². The number of morpholine rings is 1. The van der Waals surface area contributed by atoms with Gasteiger partial charge in [0.15, 0.2) is 0 Å².